The predicted molar refractivity (Wildman–Crippen MR) is 135 cm³/mol. The van der Waals surface area contributed by atoms with Crippen molar-refractivity contribution in [1.82, 2.24) is 10.6 Å². The van der Waals surface area contributed by atoms with E-state index in [9.17, 15) is 9.59 Å². The molecule has 178 valence electrons. The van der Waals surface area contributed by atoms with Crippen LogP contribution in [0.4, 0.5) is 5.69 Å². The molecular weight excluding hydrogens is 438 g/mol. The highest BCUT2D eigenvalue weighted by atomic mass is 32.1. The van der Waals surface area contributed by atoms with Crippen LogP contribution in [0.25, 0.3) is 0 Å². The van der Waals surface area contributed by atoms with Crippen LogP contribution in [0.3, 0.4) is 0 Å². The highest BCUT2D eigenvalue weighted by Gasteiger charge is 2.09. The van der Waals surface area contributed by atoms with Gasteiger partial charge >= 0.3 is 0 Å². The predicted octanol–water partition coefficient (Wildman–Crippen LogP) is 4.54. The first kappa shape index (κ1) is 26.3. The van der Waals surface area contributed by atoms with Crippen LogP contribution in [-0.4, -0.2) is 43.8 Å². The number of methoxy groups -OCH3 is 1. The zero-order valence-corrected chi connectivity index (χ0v) is 20.1. The fraction of sp³-hybridized carbons (Fsp3) is 0.400. The minimum absolute atomic E-state index is 0.171. The molecule has 0 radical (unpaired) electrons. The molecule has 0 saturated heterocycles. The molecule has 0 spiro atoms. The van der Waals surface area contributed by atoms with E-state index in [0.29, 0.717) is 36.6 Å². The topological polar surface area (TPSA) is 88.7 Å². The first-order valence-corrected chi connectivity index (χ1v) is 11.7. The van der Waals surface area contributed by atoms with Crippen LogP contribution in [0.1, 0.15) is 59.7 Å². The van der Waals surface area contributed by atoms with Crippen LogP contribution in [0.2, 0.25) is 0 Å². The molecule has 0 aliphatic rings. The molecule has 0 heterocycles. The number of nitrogens with one attached hydrogen (secondary N) is 3. The summed E-state index contributed by atoms with van der Waals surface area (Å²) in [6, 6.07) is 13.8. The molecule has 2 aromatic carbocycles. The van der Waals surface area contributed by atoms with Crippen molar-refractivity contribution in [3.63, 3.8) is 0 Å². The van der Waals surface area contributed by atoms with Crippen molar-refractivity contribution in [3.8, 4) is 5.75 Å². The Bertz CT molecular complexity index is 886. The lowest BCUT2D eigenvalue weighted by Gasteiger charge is -2.11. The monoisotopic (exact) mass is 471 g/mol. The van der Waals surface area contributed by atoms with Crippen LogP contribution < -0.4 is 20.7 Å². The zero-order chi connectivity index (χ0) is 23.9. The second kappa shape index (κ2) is 15.0. The second-order valence-corrected chi connectivity index (χ2v) is 7.93. The molecule has 33 heavy (non-hydrogen) atoms. The number of thiocarbonyl (C=S) groups is 1. The van der Waals surface area contributed by atoms with Gasteiger partial charge in [-0.25, -0.2) is 0 Å². The Kier molecular flexibility index (Phi) is 11.9. The number of amides is 2. The van der Waals surface area contributed by atoms with Gasteiger partial charge in [0.05, 0.1) is 13.2 Å². The van der Waals surface area contributed by atoms with E-state index in [4.69, 9.17) is 21.7 Å². The van der Waals surface area contributed by atoms with Crippen molar-refractivity contribution < 1.29 is 19.1 Å². The Morgan fingerprint density at radius 1 is 0.848 bits per heavy atom. The lowest BCUT2D eigenvalue weighted by atomic mass is 10.2. The van der Waals surface area contributed by atoms with Gasteiger partial charge in [-0.2, -0.15) is 0 Å². The van der Waals surface area contributed by atoms with Gasteiger partial charge in [0.2, 0.25) is 0 Å². The minimum Gasteiger partial charge on any atom is -0.494 e. The molecule has 0 unspecified atom stereocenters. The Labute approximate surface area is 201 Å². The first-order chi connectivity index (χ1) is 16.0. The summed E-state index contributed by atoms with van der Waals surface area (Å²) in [6.07, 6.45) is 5.92. The standard InChI is InChI=1S/C25H33N3O4S/c1-3-4-5-6-7-17-32-22-14-10-20(11-15-22)24(30)28-25(33)27-21-12-8-19(9-13-21)23(29)26-16-18-31-2/h8-15H,3-7,16-18H2,1-2H3,(H,26,29)(H2,27,28,30,33). The summed E-state index contributed by atoms with van der Waals surface area (Å²) >= 11 is 5.23. The van der Waals surface area contributed by atoms with Crippen LogP contribution in [0.15, 0.2) is 48.5 Å². The molecule has 3 N–H and O–H groups in total. The highest BCUT2D eigenvalue weighted by molar-refractivity contribution is 7.80. The average Bonchev–Trinajstić information content (AvgIpc) is 2.82. The van der Waals surface area contributed by atoms with Crippen LogP contribution in [0, 0.1) is 0 Å². The van der Waals surface area contributed by atoms with Gasteiger partial charge in [0.15, 0.2) is 5.11 Å². The Balaban J connectivity index is 1.76. The fourth-order valence-electron chi connectivity index (χ4n) is 3.01. The molecule has 0 aliphatic carbocycles. The van der Waals surface area contributed by atoms with Crippen LogP contribution in [0.5, 0.6) is 5.75 Å². The molecule has 2 rings (SSSR count). The maximum Gasteiger partial charge on any atom is 0.257 e. The van der Waals surface area contributed by atoms with E-state index in [1.807, 2.05) is 0 Å². The number of ether oxygens (including phenoxy) is 2. The maximum absolute atomic E-state index is 12.4. The quantitative estimate of drug-likeness (QED) is 0.294. The molecule has 0 aromatic heterocycles. The molecule has 2 amide bonds. The number of rotatable bonds is 13. The summed E-state index contributed by atoms with van der Waals surface area (Å²) in [7, 11) is 1.58. The SMILES string of the molecule is CCCCCCCOc1ccc(C(=O)NC(=S)Nc2ccc(C(=O)NCCOC)cc2)cc1. The van der Waals surface area contributed by atoms with Gasteiger partial charge in [-0.05, 0) is 67.2 Å². The Hall–Kier alpha value is -2.97. The number of unbranched alkanes of at least 4 members (excludes halogenated alkanes) is 4. The maximum atomic E-state index is 12.4. The fourth-order valence-corrected chi connectivity index (χ4v) is 3.22. The van der Waals surface area contributed by atoms with Gasteiger partial charge < -0.3 is 20.1 Å². The van der Waals surface area contributed by atoms with Gasteiger partial charge in [-0.3, -0.25) is 14.9 Å². The third-order valence-electron chi connectivity index (χ3n) is 4.86. The van der Waals surface area contributed by atoms with Crippen molar-refractivity contribution in [2.45, 2.75) is 39.0 Å². The van der Waals surface area contributed by atoms with Crippen molar-refractivity contribution in [3.05, 3.63) is 59.7 Å². The molecule has 7 nitrogen and oxygen atoms in total. The third-order valence-corrected chi connectivity index (χ3v) is 5.06. The van der Waals surface area contributed by atoms with Gasteiger partial charge in [0, 0.05) is 30.5 Å². The van der Waals surface area contributed by atoms with Crippen molar-refractivity contribution in [1.29, 1.82) is 0 Å². The van der Waals surface area contributed by atoms with Gasteiger partial charge in [-0.15, -0.1) is 0 Å². The molecule has 0 aliphatic heterocycles. The summed E-state index contributed by atoms with van der Waals surface area (Å²) in [5, 5.41) is 8.52. The highest BCUT2D eigenvalue weighted by Crippen LogP contribution is 2.14. The van der Waals surface area contributed by atoms with Gasteiger partial charge in [-0.1, -0.05) is 32.6 Å². The van der Waals surface area contributed by atoms with Crippen molar-refractivity contribution in [2.75, 3.05) is 32.2 Å². The minimum atomic E-state index is -0.312. The summed E-state index contributed by atoms with van der Waals surface area (Å²) < 4.78 is 10.6. The summed E-state index contributed by atoms with van der Waals surface area (Å²) in [5.74, 6) is 0.250. The lowest BCUT2D eigenvalue weighted by molar-refractivity contribution is 0.0935. The second-order valence-electron chi connectivity index (χ2n) is 7.52. The van der Waals surface area contributed by atoms with E-state index in [2.05, 4.69) is 22.9 Å². The van der Waals surface area contributed by atoms with Gasteiger partial charge in [0.1, 0.15) is 5.75 Å². The molecular formula is C25H33N3O4S. The van der Waals surface area contributed by atoms with Crippen molar-refractivity contribution >= 4 is 34.8 Å². The number of anilines is 1. The summed E-state index contributed by atoms with van der Waals surface area (Å²) in [6.45, 7) is 3.77. The third kappa shape index (κ3) is 10.0. The molecule has 0 bridgehead atoms. The first-order valence-electron chi connectivity index (χ1n) is 11.3. The summed E-state index contributed by atoms with van der Waals surface area (Å²) in [4.78, 5) is 24.5. The van der Waals surface area contributed by atoms with E-state index in [0.717, 1.165) is 12.2 Å². The van der Waals surface area contributed by atoms with E-state index in [-0.39, 0.29) is 16.9 Å². The summed E-state index contributed by atoms with van der Waals surface area (Å²) in [5.41, 5.74) is 1.67. The molecule has 0 fully saturated rings. The molecule has 0 saturated carbocycles. The van der Waals surface area contributed by atoms with Crippen molar-refractivity contribution in [2.24, 2.45) is 0 Å². The normalized spacial score (nSPS) is 10.4. The van der Waals surface area contributed by atoms with E-state index in [1.54, 1.807) is 55.6 Å². The molecule has 8 heteroatoms. The largest absolute Gasteiger partial charge is 0.494 e. The number of benzene rings is 2. The molecule has 2 aromatic rings. The number of hydrogen-bond acceptors (Lipinski definition) is 5. The number of carbonyl (C=O) groups excluding carboxylic acids is 2. The Morgan fingerprint density at radius 2 is 1.48 bits per heavy atom. The van der Waals surface area contributed by atoms with Crippen LogP contribution in [-0.2, 0) is 4.74 Å². The van der Waals surface area contributed by atoms with E-state index in [1.165, 1.54) is 25.7 Å². The average molecular weight is 472 g/mol. The number of hydrogen-bond donors (Lipinski definition) is 3. The molecule has 0 atom stereocenters. The van der Waals surface area contributed by atoms with Crippen LogP contribution >= 0.6 is 12.2 Å². The van der Waals surface area contributed by atoms with Gasteiger partial charge in [0.25, 0.3) is 11.8 Å². The van der Waals surface area contributed by atoms with E-state index < -0.39 is 0 Å². The smallest absolute Gasteiger partial charge is 0.257 e. The number of carbonyl (C=O) groups is 2. The van der Waals surface area contributed by atoms with E-state index >= 15 is 0 Å². The Morgan fingerprint density at radius 3 is 2.15 bits per heavy atom. The zero-order valence-electron chi connectivity index (χ0n) is 19.3. The lowest BCUT2D eigenvalue weighted by Crippen LogP contribution is -2.34.